The van der Waals surface area contributed by atoms with E-state index in [1.807, 2.05) is 11.0 Å². The highest BCUT2D eigenvalue weighted by Gasteiger charge is 2.29. The lowest BCUT2D eigenvalue weighted by atomic mass is 10.0. The molecule has 4 heteroatoms. The SMILES string of the molecule is CC(=O)N1CCN(Cc2ccsc2)C(c2ccccc2)C1. The van der Waals surface area contributed by atoms with E-state index in [2.05, 4.69) is 46.0 Å². The van der Waals surface area contributed by atoms with Crippen LogP contribution in [-0.2, 0) is 11.3 Å². The molecule has 2 heterocycles. The van der Waals surface area contributed by atoms with E-state index in [0.717, 1.165) is 26.2 Å². The summed E-state index contributed by atoms with van der Waals surface area (Å²) < 4.78 is 0. The van der Waals surface area contributed by atoms with Gasteiger partial charge in [-0.15, -0.1) is 0 Å². The second kappa shape index (κ2) is 6.41. The lowest BCUT2D eigenvalue weighted by Gasteiger charge is -2.41. The summed E-state index contributed by atoms with van der Waals surface area (Å²) in [6.45, 7) is 5.15. The van der Waals surface area contributed by atoms with Crippen LogP contribution in [0.5, 0.6) is 0 Å². The molecule has 110 valence electrons. The maximum Gasteiger partial charge on any atom is 0.219 e. The van der Waals surface area contributed by atoms with Crippen LogP contribution >= 0.6 is 11.3 Å². The first-order valence-electron chi connectivity index (χ1n) is 7.29. The van der Waals surface area contributed by atoms with Crippen LogP contribution in [0.4, 0.5) is 0 Å². The summed E-state index contributed by atoms with van der Waals surface area (Å²) in [5.74, 6) is 0.172. The fourth-order valence-corrected chi connectivity index (χ4v) is 3.56. The Kier molecular flexibility index (Phi) is 4.36. The molecule has 0 aliphatic carbocycles. The number of nitrogens with zero attached hydrogens (tertiary/aromatic N) is 2. The van der Waals surface area contributed by atoms with Crippen molar-refractivity contribution in [3.05, 3.63) is 58.3 Å². The van der Waals surface area contributed by atoms with Crippen molar-refractivity contribution in [2.45, 2.75) is 19.5 Å². The largest absolute Gasteiger partial charge is 0.340 e. The van der Waals surface area contributed by atoms with Crippen molar-refractivity contribution in [1.29, 1.82) is 0 Å². The number of amides is 1. The first-order valence-corrected chi connectivity index (χ1v) is 8.24. The molecule has 1 aromatic heterocycles. The van der Waals surface area contributed by atoms with Crippen LogP contribution in [-0.4, -0.2) is 35.3 Å². The third-order valence-electron chi connectivity index (χ3n) is 4.09. The Balaban J connectivity index is 1.82. The van der Waals surface area contributed by atoms with Gasteiger partial charge in [-0.25, -0.2) is 0 Å². The van der Waals surface area contributed by atoms with E-state index in [9.17, 15) is 4.79 Å². The molecule has 1 aliphatic heterocycles. The van der Waals surface area contributed by atoms with Gasteiger partial charge in [-0.05, 0) is 28.0 Å². The van der Waals surface area contributed by atoms with Gasteiger partial charge in [0.15, 0.2) is 0 Å². The van der Waals surface area contributed by atoms with Crippen LogP contribution in [0.25, 0.3) is 0 Å². The van der Waals surface area contributed by atoms with Gasteiger partial charge in [0.25, 0.3) is 0 Å². The molecule has 0 radical (unpaired) electrons. The molecule has 2 aromatic rings. The van der Waals surface area contributed by atoms with E-state index in [-0.39, 0.29) is 11.9 Å². The second-order valence-corrected chi connectivity index (χ2v) is 6.27. The number of benzene rings is 1. The number of thiophene rings is 1. The van der Waals surface area contributed by atoms with Crippen molar-refractivity contribution in [2.75, 3.05) is 19.6 Å². The van der Waals surface area contributed by atoms with Crippen molar-refractivity contribution in [3.63, 3.8) is 0 Å². The molecule has 21 heavy (non-hydrogen) atoms. The van der Waals surface area contributed by atoms with Crippen LogP contribution in [0, 0.1) is 0 Å². The molecule has 1 saturated heterocycles. The van der Waals surface area contributed by atoms with Gasteiger partial charge in [-0.2, -0.15) is 11.3 Å². The molecule has 1 aromatic carbocycles. The van der Waals surface area contributed by atoms with E-state index in [1.54, 1.807) is 18.3 Å². The molecule has 1 aliphatic rings. The molecular formula is C17H20N2OS. The Morgan fingerprint density at radius 3 is 2.71 bits per heavy atom. The van der Waals surface area contributed by atoms with Gasteiger partial charge >= 0.3 is 0 Å². The van der Waals surface area contributed by atoms with Gasteiger partial charge in [0.2, 0.25) is 5.91 Å². The Morgan fingerprint density at radius 1 is 1.24 bits per heavy atom. The number of carbonyl (C=O) groups excluding carboxylic acids is 1. The minimum Gasteiger partial charge on any atom is -0.340 e. The van der Waals surface area contributed by atoms with Gasteiger partial charge in [-0.1, -0.05) is 30.3 Å². The van der Waals surface area contributed by atoms with Crippen LogP contribution in [0.1, 0.15) is 24.1 Å². The molecule has 3 nitrogen and oxygen atoms in total. The molecular weight excluding hydrogens is 280 g/mol. The Hall–Kier alpha value is -1.65. The van der Waals surface area contributed by atoms with Crippen molar-refractivity contribution in [3.8, 4) is 0 Å². The molecule has 1 amide bonds. The van der Waals surface area contributed by atoms with E-state index < -0.39 is 0 Å². The minimum atomic E-state index is 0.172. The van der Waals surface area contributed by atoms with Crippen LogP contribution in [0.2, 0.25) is 0 Å². The predicted molar refractivity (Wildman–Crippen MR) is 86.2 cm³/mol. The molecule has 0 saturated carbocycles. The second-order valence-electron chi connectivity index (χ2n) is 5.49. The first kappa shape index (κ1) is 14.3. The fourth-order valence-electron chi connectivity index (χ4n) is 2.90. The Labute approximate surface area is 129 Å². The monoisotopic (exact) mass is 300 g/mol. The molecule has 0 N–H and O–H groups in total. The standard InChI is InChI=1S/C17H20N2OS/c1-14(20)18-8-9-19(11-15-7-10-21-13-15)17(12-18)16-5-3-2-4-6-16/h2-7,10,13,17H,8-9,11-12H2,1H3. The third-order valence-corrected chi connectivity index (χ3v) is 4.82. The molecule has 1 unspecified atom stereocenters. The molecule has 1 fully saturated rings. The Morgan fingerprint density at radius 2 is 2.05 bits per heavy atom. The number of hydrogen-bond donors (Lipinski definition) is 0. The van der Waals surface area contributed by atoms with Crippen LogP contribution in [0.15, 0.2) is 47.2 Å². The van der Waals surface area contributed by atoms with Gasteiger partial charge < -0.3 is 4.90 Å². The third kappa shape index (κ3) is 3.34. The Bertz CT molecular complexity index is 582. The van der Waals surface area contributed by atoms with Gasteiger partial charge in [0, 0.05) is 33.1 Å². The van der Waals surface area contributed by atoms with Crippen molar-refractivity contribution >= 4 is 17.2 Å². The number of piperazine rings is 1. The zero-order valence-electron chi connectivity index (χ0n) is 12.2. The number of carbonyl (C=O) groups is 1. The van der Waals surface area contributed by atoms with Crippen molar-refractivity contribution < 1.29 is 4.79 Å². The average molecular weight is 300 g/mol. The summed E-state index contributed by atoms with van der Waals surface area (Å²) in [5.41, 5.74) is 2.65. The van der Waals surface area contributed by atoms with E-state index in [0.29, 0.717) is 0 Å². The topological polar surface area (TPSA) is 23.6 Å². The maximum absolute atomic E-state index is 11.7. The van der Waals surface area contributed by atoms with Crippen molar-refractivity contribution in [2.24, 2.45) is 0 Å². The molecule has 1 atom stereocenters. The zero-order valence-corrected chi connectivity index (χ0v) is 13.1. The van der Waals surface area contributed by atoms with Crippen LogP contribution < -0.4 is 0 Å². The van der Waals surface area contributed by atoms with Crippen LogP contribution in [0.3, 0.4) is 0 Å². The summed E-state index contributed by atoms with van der Waals surface area (Å²) >= 11 is 1.74. The highest BCUT2D eigenvalue weighted by atomic mass is 32.1. The molecule has 0 spiro atoms. The van der Waals surface area contributed by atoms with Crippen molar-refractivity contribution in [1.82, 2.24) is 9.80 Å². The minimum absolute atomic E-state index is 0.172. The summed E-state index contributed by atoms with van der Waals surface area (Å²) in [6.07, 6.45) is 0. The number of rotatable bonds is 3. The summed E-state index contributed by atoms with van der Waals surface area (Å²) in [4.78, 5) is 16.2. The van der Waals surface area contributed by atoms with Gasteiger partial charge in [0.05, 0.1) is 6.04 Å². The van der Waals surface area contributed by atoms with Gasteiger partial charge in [0.1, 0.15) is 0 Å². The number of hydrogen-bond acceptors (Lipinski definition) is 3. The smallest absolute Gasteiger partial charge is 0.219 e. The maximum atomic E-state index is 11.7. The summed E-state index contributed by atoms with van der Waals surface area (Å²) in [5, 5.41) is 4.33. The summed E-state index contributed by atoms with van der Waals surface area (Å²) in [6, 6.07) is 13.0. The van der Waals surface area contributed by atoms with E-state index in [1.165, 1.54) is 11.1 Å². The fraction of sp³-hybridized carbons (Fsp3) is 0.353. The van der Waals surface area contributed by atoms with E-state index in [4.69, 9.17) is 0 Å². The summed E-state index contributed by atoms with van der Waals surface area (Å²) in [7, 11) is 0. The average Bonchev–Trinajstić information content (AvgIpc) is 3.01. The molecule has 3 rings (SSSR count). The highest BCUT2D eigenvalue weighted by molar-refractivity contribution is 7.07. The zero-order chi connectivity index (χ0) is 14.7. The van der Waals surface area contributed by atoms with Gasteiger partial charge in [-0.3, -0.25) is 9.69 Å². The van der Waals surface area contributed by atoms with E-state index >= 15 is 0 Å². The highest BCUT2D eigenvalue weighted by Crippen LogP contribution is 2.27. The first-order chi connectivity index (χ1) is 10.2. The predicted octanol–water partition coefficient (Wildman–Crippen LogP) is 3.15. The normalized spacial score (nSPS) is 19.7. The quantitative estimate of drug-likeness (QED) is 0.869. The lowest BCUT2D eigenvalue weighted by molar-refractivity contribution is -0.132. The lowest BCUT2D eigenvalue weighted by Crippen LogP contribution is -2.49. The molecule has 0 bridgehead atoms.